The van der Waals surface area contributed by atoms with Gasteiger partial charge in [0.25, 0.3) is 0 Å². The van der Waals surface area contributed by atoms with Crippen molar-refractivity contribution in [1.82, 2.24) is 0 Å². The minimum atomic E-state index is -4.23. The number of hydrogen-bond donors (Lipinski definition) is 0. The van der Waals surface area contributed by atoms with Crippen molar-refractivity contribution in [2.75, 3.05) is 7.11 Å². The van der Waals surface area contributed by atoms with Crippen LogP contribution in [-0.4, -0.2) is 19.5 Å². The quantitative estimate of drug-likeness (QED) is 0.727. The van der Waals surface area contributed by atoms with Gasteiger partial charge in [0.05, 0.1) is 6.10 Å². The SMILES string of the molecule is COC(CC(F)(F)C(F)F)c1cc(F)ccc1Cl. The molecule has 0 aliphatic carbocycles. The molecule has 0 aromatic heterocycles. The molecule has 0 saturated heterocycles. The van der Waals surface area contributed by atoms with Crippen LogP contribution in [-0.2, 0) is 4.74 Å². The van der Waals surface area contributed by atoms with Crippen LogP contribution in [0, 0.1) is 5.82 Å². The minimum absolute atomic E-state index is 0.0201. The molecule has 0 aliphatic heterocycles. The van der Waals surface area contributed by atoms with Crippen molar-refractivity contribution >= 4 is 11.6 Å². The maximum absolute atomic E-state index is 13.0. The molecular formula is C11H10ClF5O. The number of methoxy groups -OCH3 is 1. The zero-order valence-electron chi connectivity index (χ0n) is 9.27. The maximum atomic E-state index is 13.0. The van der Waals surface area contributed by atoms with Crippen LogP contribution < -0.4 is 0 Å². The zero-order valence-corrected chi connectivity index (χ0v) is 10.0. The number of halogens is 6. The molecule has 1 atom stereocenters. The molecule has 18 heavy (non-hydrogen) atoms. The highest BCUT2D eigenvalue weighted by Gasteiger charge is 2.43. The summed E-state index contributed by atoms with van der Waals surface area (Å²) in [5.74, 6) is -4.94. The number of ether oxygens (including phenoxy) is 1. The van der Waals surface area contributed by atoms with Gasteiger partial charge in [-0.1, -0.05) is 11.6 Å². The summed E-state index contributed by atoms with van der Waals surface area (Å²) in [7, 11) is 1.06. The van der Waals surface area contributed by atoms with E-state index in [-0.39, 0.29) is 10.6 Å². The van der Waals surface area contributed by atoms with Crippen molar-refractivity contribution < 1.29 is 26.7 Å². The Kier molecular flexibility index (Phi) is 4.92. The third-order valence-corrected chi connectivity index (χ3v) is 2.71. The van der Waals surface area contributed by atoms with Gasteiger partial charge < -0.3 is 4.74 Å². The number of benzene rings is 1. The molecule has 1 nitrogen and oxygen atoms in total. The highest BCUT2D eigenvalue weighted by molar-refractivity contribution is 6.31. The molecule has 0 saturated carbocycles. The van der Waals surface area contributed by atoms with E-state index in [0.29, 0.717) is 0 Å². The van der Waals surface area contributed by atoms with Crippen molar-refractivity contribution in [3.05, 3.63) is 34.6 Å². The Hall–Kier alpha value is -0.880. The fourth-order valence-electron chi connectivity index (χ4n) is 1.42. The maximum Gasteiger partial charge on any atom is 0.310 e. The fourth-order valence-corrected chi connectivity index (χ4v) is 1.66. The number of alkyl halides is 4. The Balaban J connectivity index is 3.00. The molecule has 1 aromatic carbocycles. The summed E-state index contributed by atoms with van der Waals surface area (Å²) in [6, 6.07) is 3.07. The van der Waals surface area contributed by atoms with Gasteiger partial charge in [0, 0.05) is 24.1 Å². The lowest BCUT2D eigenvalue weighted by atomic mass is 10.0. The third kappa shape index (κ3) is 3.55. The summed E-state index contributed by atoms with van der Waals surface area (Å²) in [5, 5.41) is -0.0201. The third-order valence-electron chi connectivity index (χ3n) is 2.37. The molecule has 0 amide bonds. The van der Waals surface area contributed by atoms with Gasteiger partial charge in [0.2, 0.25) is 0 Å². The summed E-state index contributed by atoms with van der Waals surface area (Å²) in [5.41, 5.74) is -0.0838. The summed E-state index contributed by atoms with van der Waals surface area (Å²) < 4.78 is 67.7. The molecule has 0 aliphatic rings. The van der Waals surface area contributed by atoms with Crippen LogP contribution in [0.4, 0.5) is 22.0 Å². The van der Waals surface area contributed by atoms with Gasteiger partial charge in [-0.15, -0.1) is 0 Å². The summed E-state index contributed by atoms with van der Waals surface area (Å²) in [6.07, 6.45) is -6.50. The smallest absolute Gasteiger partial charge is 0.310 e. The van der Waals surface area contributed by atoms with Gasteiger partial charge in [-0.2, -0.15) is 0 Å². The Bertz CT molecular complexity index is 410. The van der Waals surface area contributed by atoms with E-state index in [1.807, 2.05) is 0 Å². The average molecular weight is 289 g/mol. The van der Waals surface area contributed by atoms with E-state index in [1.165, 1.54) is 0 Å². The van der Waals surface area contributed by atoms with Crippen LogP contribution in [0.5, 0.6) is 0 Å². The fraction of sp³-hybridized carbons (Fsp3) is 0.455. The summed E-state index contributed by atoms with van der Waals surface area (Å²) in [6.45, 7) is 0. The molecule has 0 radical (unpaired) electrons. The van der Waals surface area contributed by atoms with E-state index in [4.69, 9.17) is 16.3 Å². The van der Waals surface area contributed by atoms with Gasteiger partial charge in [0.15, 0.2) is 0 Å². The van der Waals surface area contributed by atoms with E-state index in [0.717, 1.165) is 25.3 Å². The first kappa shape index (κ1) is 15.2. The molecule has 1 aromatic rings. The van der Waals surface area contributed by atoms with Crippen LogP contribution in [0.1, 0.15) is 18.1 Å². The first-order valence-corrected chi connectivity index (χ1v) is 5.29. The normalized spacial score (nSPS) is 14.0. The van der Waals surface area contributed by atoms with E-state index in [9.17, 15) is 22.0 Å². The molecule has 0 heterocycles. The van der Waals surface area contributed by atoms with Crippen LogP contribution in [0.25, 0.3) is 0 Å². The second-order valence-electron chi connectivity index (χ2n) is 3.66. The molecule has 1 rings (SSSR count). The van der Waals surface area contributed by atoms with Crippen LogP contribution in [0.3, 0.4) is 0 Å². The molecule has 0 spiro atoms. The highest BCUT2D eigenvalue weighted by Crippen LogP contribution is 2.37. The molecule has 0 N–H and O–H groups in total. The molecule has 1 unspecified atom stereocenters. The number of rotatable bonds is 5. The van der Waals surface area contributed by atoms with Gasteiger partial charge in [0.1, 0.15) is 5.82 Å². The van der Waals surface area contributed by atoms with Crippen molar-refractivity contribution in [3.8, 4) is 0 Å². The first-order valence-electron chi connectivity index (χ1n) is 4.91. The van der Waals surface area contributed by atoms with Crippen molar-refractivity contribution in [2.45, 2.75) is 24.9 Å². The van der Waals surface area contributed by atoms with E-state index in [1.54, 1.807) is 0 Å². The molecule has 0 fully saturated rings. The second kappa shape index (κ2) is 5.84. The molecule has 7 heteroatoms. The zero-order chi connectivity index (χ0) is 13.9. The van der Waals surface area contributed by atoms with E-state index in [2.05, 4.69) is 0 Å². The van der Waals surface area contributed by atoms with Crippen molar-refractivity contribution in [2.24, 2.45) is 0 Å². The lowest BCUT2D eigenvalue weighted by Crippen LogP contribution is -2.29. The largest absolute Gasteiger partial charge is 0.376 e. The predicted molar refractivity (Wildman–Crippen MR) is 56.7 cm³/mol. The molecule has 0 bridgehead atoms. The van der Waals surface area contributed by atoms with Gasteiger partial charge >= 0.3 is 12.3 Å². The summed E-state index contributed by atoms with van der Waals surface area (Å²) in [4.78, 5) is 0. The standard InChI is InChI=1S/C11H10ClF5O/c1-18-9(5-11(16,17)10(14)15)7-4-6(13)2-3-8(7)12/h2-4,9-10H,5H2,1H3. The topological polar surface area (TPSA) is 9.23 Å². The Labute approximate surface area is 106 Å². The van der Waals surface area contributed by atoms with Crippen molar-refractivity contribution in [1.29, 1.82) is 0 Å². The predicted octanol–water partition coefficient (Wildman–Crippen LogP) is 4.46. The molecule has 102 valence electrons. The first-order chi connectivity index (χ1) is 8.27. The lowest BCUT2D eigenvalue weighted by Gasteiger charge is -2.22. The minimum Gasteiger partial charge on any atom is -0.376 e. The Morgan fingerprint density at radius 1 is 1.33 bits per heavy atom. The van der Waals surface area contributed by atoms with Crippen LogP contribution in [0.15, 0.2) is 18.2 Å². The van der Waals surface area contributed by atoms with Gasteiger partial charge in [-0.05, 0) is 18.2 Å². The van der Waals surface area contributed by atoms with Crippen LogP contribution >= 0.6 is 11.6 Å². The monoisotopic (exact) mass is 288 g/mol. The highest BCUT2D eigenvalue weighted by atomic mass is 35.5. The van der Waals surface area contributed by atoms with Gasteiger partial charge in [-0.3, -0.25) is 0 Å². The Morgan fingerprint density at radius 3 is 2.44 bits per heavy atom. The Morgan fingerprint density at radius 2 is 1.94 bits per heavy atom. The summed E-state index contributed by atoms with van der Waals surface area (Å²) >= 11 is 5.70. The number of hydrogen-bond acceptors (Lipinski definition) is 1. The van der Waals surface area contributed by atoms with Crippen LogP contribution in [0.2, 0.25) is 5.02 Å². The molecular weight excluding hydrogens is 279 g/mol. The second-order valence-corrected chi connectivity index (χ2v) is 4.06. The van der Waals surface area contributed by atoms with E-state index >= 15 is 0 Å². The lowest BCUT2D eigenvalue weighted by molar-refractivity contribution is -0.152. The van der Waals surface area contributed by atoms with Crippen molar-refractivity contribution in [3.63, 3.8) is 0 Å². The average Bonchev–Trinajstić information content (AvgIpc) is 2.29. The van der Waals surface area contributed by atoms with Gasteiger partial charge in [-0.25, -0.2) is 22.0 Å². The van der Waals surface area contributed by atoms with E-state index < -0.39 is 30.7 Å².